The standard InChI is InChI=1S/C13H20ClN3O/c1-12(2)8-17(9-13(3,4)18-12)11-15-6-10(5-14)7-16-11/h6-7H,5,8-9H2,1-4H3. The molecule has 2 heterocycles. The highest BCUT2D eigenvalue weighted by molar-refractivity contribution is 6.17. The highest BCUT2D eigenvalue weighted by atomic mass is 35.5. The summed E-state index contributed by atoms with van der Waals surface area (Å²) in [6.07, 6.45) is 3.57. The molecule has 100 valence electrons. The fourth-order valence-corrected chi connectivity index (χ4v) is 2.65. The molecule has 0 spiro atoms. The maximum atomic E-state index is 6.04. The molecule has 18 heavy (non-hydrogen) atoms. The number of nitrogens with zero attached hydrogens (tertiary/aromatic N) is 3. The third-order valence-corrected chi connectivity index (χ3v) is 3.13. The van der Waals surface area contributed by atoms with Crippen molar-refractivity contribution in [1.82, 2.24) is 9.97 Å². The van der Waals surface area contributed by atoms with Crippen molar-refractivity contribution in [1.29, 1.82) is 0 Å². The predicted molar refractivity (Wildman–Crippen MR) is 73.0 cm³/mol. The number of halogens is 1. The molecular weight excluding hydrogens is 250 g/mol. The van der Waals surface area contributed by atoms with Gasteiger partial charge in [-0.25, -0.2) is 9.97 Å². The first-order valence-corrected chi connectivity index (χ1v) is 6.67. The van der Waals surface area contributed by atoms with Crippen LogP contribution in [0.3, 0.4) is 0 Å². The van der Waals surface area contributed by atoms with Crippen LogP contribution in [-0.4, -0.2) is 34.3 Å². The molecule has 0 saturated carbocycles. The summed E-state index contributed by atoms with van der Waals surface area (Å²) in [7, 11) is 0. The molecule has 0 bridgehead atoms. The summed E-state index contributed by atoms with van der Waals surface area (Å²) in [4.78, 5) is 10.9. The molecule has 1 fully saturated rings. The van der Waals surface area contributed by atoms with Crippen molar-refractivity contribution in [3.8, 4) is 0 Å². The van der Waals surface area contributed by atoms with Crippen LogP contribution in [0, 0.1) is 0 Å². The molecule has 0 atom stereocenters. The lowest BCUT2D eigenvalue weighted by molar-refractivity contribution is -0.133. The summed E-state index contributed by atoms with van der Waals surface area (Å²) in [6, 6.07) is 0. The molecular formula is C13H20ClN3O. The zero-order chi connectivity index (χ0) is 13.4. The zero-order valence-electron chi connectivity index (χ0n) is 11.4. The maximum absolute atomic E-state index is 6.04. The second-order valence-corrected chi connectivity index (χ2v) is 6.27. The van der Waals surface area contributed by atoms with Crippen LogP contribution in [0.25, 0.3) is 0 Å². The third-order valence-electron chi connectivity index (χ3n) is 2.82. The van der Waals surface area contributed by atoms with Crippen LogP contribution in [0.15, 0.2) is 12.4 Å². The number of aromatic nitrogens is 2. The quantitative estimate of drug-likeness (QED) is 0.774. The summed E-state index contributed by atoms with van der Waals surface area (Å²) < 4.78 is 6.04. The summed E-state index contributed by atoms with van der Waals surface area (Å²) in [6.45, 7) is 9.94. The van der Waals surface area contributed by atoms with E-state index in [1.165, 1.54) is 0 Å². The molecule has 5 heteroatoms. The molecule has 0 amide bonds. The Bertz CT molecular complexity index is 401. The van der Waals surface area contributed by atoms with Crippen molar-refractivity contribution in [3.63, 3.8) is 0 Å². The van der Waals surface area contributed by atoms with Gasteiger partial charge in [-0.2, -0.15) is 0 Å². The summed E-state index contributed by atoms with van der Waals surface area (Å²) in [5.41, 5.74) is 0.541. The van der Waals surface area contributed by atoms with E-state index < -0.39 is 0 Å². The van der Waals surface area contributed by atoms with Gasteiger partial charge in [0.1, 0.15) is 0 Å². The Labute approximate surface area is 113 Å². The van der Waals surface area contributed by atoms with Crippen molar-refractivity contribution in [2.75, 3.05) is 18.0 Å². The molecule has 2 rings (SSSR count). The highest BCUT2D eigenvalue weighted by Gasteiger charge is 2.38. The lowest BCUT2D eigenvalue weighted by Crippen LogP contribution is -2.57. The number of rotatable bonds is 2. The topological polar surface area (TPSA) is 38.2 Å². The second-order valence-electron chi connectivity index (χ2n) is 6.00. The van der Waals surface area contributed by atoms with E-state index in [0.29, 0.717) is 5.88 Å². The molecule has 1 aliphatic heterocycles. The number of alkyl halides is 1. The van der Waals surface area contributed by atoms with Crippen LogP contribution in [0.5, 0.6) is 0 Å². The SMILES string of the molecule is CC1(C)CN(c2ncc(CCl)cn2)CC(C)(C)O1. The van der Waals surface area contributed by atoms with E-state index in [1.807, 2.05) is 0 Å². The van der Waals surface area contributed by atoms with Crippen molar-refractivity contribution in [2.45, 2.75) is 44.8 Å². The monoisotopic (exact) mass is 269 g/mol. The van der Waals surface area contributed by atoms with E-state index in [1.54, 1.807) is 12.4 Å². The van der Waals surface area contributed by atoms with Crippen molar-refractivity contribution in [2.24, 2.45) is 0 Å². The molecule has 0 N–H and O–H groups in total. The maximum Gasteiger partial charge on any atom is 0.225 e. The van der Waals surface area contributed by atoms with Gasteiger partial charge in [-0.05, 0) is 27.7 Å². The normalized spacial score (nSPS) is 21.9. The van der Waals surface area contributed by atoms with Gasteiger partial charge in [0.15, 0.2) is 0 Å². The van der Waals surface area contributed by atoms with Crippen molar-refractivity contribution < 1.29 is 4.74 Å². The van der Waals surface area contributed by atoms with Gasteiger partial charge in [0.25, 0.3) is 0 Å². The number of anilines is 1. The molecule has 1 aromatic rings. The van der Waals surface area contributed by atoms with Gasteiger partial charge in [-0.1, -0.05) is 0 Å². The van der Waals surface area contributed by atoms with E-state index in [0.717, 1.165) is 24.6 Å². The molecule has 4 nitrogen and oxygen atoms in total. The second kappa shape index (κ2) is 4.67. The largest absolute Gasteiger partial charge is 0.366 e. The minimum atomic E-state index is -0.198. The van der Waals surface area contributed by atoms with E-state index in [9.17, 15) is 0 Å². The minimum Gasteiger partial charge on any atom is -0.366 e. The van der Waals surface area contributed by atoms with Crippen LogP contribution in [0.2, 0.25) is 0 Å². The Hall–Kier alpha value is -0.870. The molecule has 0 radical (unpaired) electrons. The Morgan fingerprint density at radius 3 is 2.11 bits per heavy atom. The molecule has 0 aliphatic carbocycles. The van der Waals surface area contributed by atoms with Gasteiger partial charge in [-0.15, -0.1) is 11.6 Å². The third kappa shape index (κ3) is 3.12. The van der Waals surface area contributed by atoms with E-state index in [2.05, 4.69) is 42.6 Å². The predicted octanol–water partition coefficient (Wildman–Crippen LogP) is 2.61. The Morgan fingerprint density at radius 1 is 1.17 bits per heavy atom. The zero-order valence-corrected chi connectivity index (χ0v) is 12.2. The Morgan fingerprint density at radius 2 is 1.67 bits per heavy atom. The van der Waals surface area contributed by atoms with Crippen LogP contribution >= 0.6 is 11.6 Å². The Kier molecular flexibility index (Phi) is 3.52. The first-order chi connectivity index (χ1) is 8.31. The van der Waals surface area contributed by atoms with Crippen LogP contribution in [0.1, 0.15) is 33.3 Å². The van der Waals surface area contributed by atoms with Crippen molar-refractivity contribution in [3.05, 3.63) is 18.0 Å². The number of ether oxygens (including phenoxy) is 1. The van der Waals surface area contributed by atoms with E-state index in [-0.39, 0.29) is 11.2 Å². The van der Waals surface area contributed by atoms with Crippen molar-refractivity contribution >= 4 is 17.5 Å². The van der Waals surface area contributed by atoms with E-state index in [4.69, 9.17) is 16.3 Å². The van der Waals surface area contributed by atoms with Gasteiger partial charge >= 0.3 is 0 Å². The summed E-state index contributed by atoms with van der Waals surface area (Å²) >= 11 is 5.74. The molecule has 0 aromatic carbocycles. The highest BCUT2D eigenvalue weighted by Crippen LogP contribution is 2.29. The summed E-state index contributed by atoms with van der Waals surface area (Å²) in [5.74, 6) is 1.19. The first kappa shape index (κ1) is 13.6. The number of hydrogen-bond donors (Lipinski definition) is 0. The van der Waals surface area contributed by atoms with Gasteiger partial charge < -0.3 is 9.64 Å². The fraction of sp³-hybridized carbons (Fsp3) is 0.692. The first-order valence-electron chi connectivity index (χ1n) is 6.13. The van der Waals surface area contributed by atoms with Gasteiger partial charge in [-0.3, -0.25) is 0 Å². The molecule has 1 aliphatic rings. The van der Waals surface area contributed by atoms with Gasteiger partial charge in [0.05, 0.1) is 17.1 Å². The average Bonchev–Trinajstić information content (AvgIpc) is 2.25. The van der Waals surface area contributed by atoms with Gasteiger partial charge in [0.2, 0.25) is 5.95 Å². The fourth-order valence-electron chi connectivity index (χ4n) is 2.51. The minimum absolute atomic E-state index is 0.198. The van der Waals surface area contributed by atoms with E-state index >= 15 is 0 Å². The Balaban J connectivity index is 2.21. The smallest absolute Gasteiger partial charge is 0.225 e. The van der Waals surface area contributed by atoms with Crippen LogP contribution < -0.4 is 4.90 Å². The number of hydrogen-bond acceptors (Lipinski definition) is 4. The summed E-state index contributed by atoms with van der Waals surface area (Å²) in [5, 5.41) is 0. The molecule has 0 unspecified atom stereocenters. The number of morpholine rings is 1. The molecule has 1 saturated heterocycles. The molecule has 1 aromatic heterocycles. The van der Waals surface area contributed by atoms with Crippen LogP contribution in [0.4, 0.5) is 5.95 Å². The lowest BCUT2D eigenvalue weighted by Gasteiger charge is -2.47. The lowest BCUT2D eigenvalue weighted by atomic mass is 9.99. The van der Waals surface area contributed by atoms with Gasteiger partial charge in [0, 0.05) is 31.0 Å². The average molecular weight is 270 g/mol. The van der Waals surface area contributed by atoms with Crippen LogP contribution in [-0.2, 0) is 10.6 Å².